The number of carbonyl (C=O) groups excluding carboxylic acids is 1. The van der Waals surface area contributed by atoms with Crippen LogP contribution in [0.15, 0.2) is 30.3 Å². The molecule has 148 valence electrons. The topological polar surface area (TPSA) is 95.7 Å². The van der Waals surface area contributed by atoms with Crippen molar-refractivity contribution in [1.82, 2.24) is 14.7 Å². The SMILES string of the molecule is O=C(c1nn(-c2ccccc2)c2c1CCCCC2)N1CCCC(O)(C(=O)O)C1. The highest BCUT2D eigenvalue weighted by atomic mass is 16.4. The van der Waals surface area contributed by atoms with Gasteiger partial charge in [0, 0.05) is 17.8 Å². The maximum absolute atomic E-state index is 13.3. The van der Waals surface area contributed by atoms with E-state index >= 15 is 0 Å². The van der Waals surface area contributed by atoms with E-state index in [0.717, 1.165) is 49.0 Å². The van der Waals surface area contributed by atoms with E-state index in [0.29, 0.717) is 18.7 Å². The molecule has 1 amide bonds. The molecule has 1 atom stereocenters. The van der Waals surface area contributed by atoms with Crippen LogP contribution in [-0.2, 0) is 17.6 Å². The molecule has 1 fully saturated rings. The summed E-state index contributed by atoms with van der Waals surface area (Å²) < 4.78 is 1.86. The van der Waals surface area contributed by atoms with Crippen molar-refractivity contribution in [2.24, 2.45) is 0 Å². The monoisotopic (exact) mass is 383 g/mol. The van der Waals surface area contributed by atoms with Gasteiger partial charge in [0.2, 0.25) is 0 Å². The minimum atomic E-state index is -1.88. The van der Waals surface area contributed by atoms with Crippen LogP contribution in [0.3, 0.4) is 0 Å². The number of nitrogens with zero attached hydrogens (tertiary/aromatic N) is 3. The van der Waals surface area contributed by atoms with E-state index in [4.69, 9.17) is 0 Å². The largest absolute Gasteiger partial charge is 0.479 e. The molecule has 1 aliphatic heterocycles. The fourth-order valence-corrected chi connectivity index (χ4v) is 4.26. The zero-order valence-electron chi connectivity index (χ0n) is 15.8. The second kappa shape index (κ2) is 7.39. The van der Waals surface area contributed by atoms with Gasteiger partial charge in [-0.05, 0) is 50.7 Å². The molecule has 1 saturated heterocycles. The van der Waals surface area contributed by atoms with Crippen molar-refractivity contribution >= 4 is 11.9 Å². The van der Waals surface area contributed by atoms with E-state index in [1.807, 2.05) is 35.0 Å². The highest BCUT2D eigenvalue weighted by Gasteiger charge is 2.42. The van der Waals surface area contributed by atoms with Crippen LogP contribution in [-0.4, -0.2) is 55.5 Å². The molecular formula is C21H25N3O4. The Morgan fingerprint density at radius 1 is 1.04 bits per heavy atom. The number of aliphatic hydroxyl groups is 1. The summed E-state index contributed by atoms with van der Waals surface area (Å²) in [4.78, 5) is 26.2. The van der Waals surface area contributed by atoms with Crippen molar-refractivity contribution < 1.29 is 19.8 Å². The van der Waals surface area contributed by atoms with Crippen LogP contribution in [0.5, 0.6) is 0 Å². The fourth-order valence-electron chi connectivity index (χ4n) is 4.26. The Labute approximate surface area is 163 Å². The number of carboxylic acids is 1. The molecule has 4 rings (SSSR count). The average molecular weight is 383 g/mol. The third kappa shape index (κ3) is 3.30. The minimum Gasteiger partial charge on any atom is -0.479 e. The van der Waals surface area contributed by atoms with Crippen LogP contribution < -0.4 is 0 Å². The Morgan fingerprint density at radius 3 is 2.54 bits per heavy atom. The fraction of sp³-hybridized carbons (Fsp3) is 0.476. The first-order chi connectivity index (χ1) is 13.5. The van der Waals surface area contributed by atoms with Crippen LogP contribution in [0, 0.1) is 0 Å². The predicted molar refractivity (Wildman–Crippen MR) is 103 cm³/mol. The summed E-state index contributed by atoms with van der Waals surface area (Å²) in [5.74, 6) is -1.56. The van der Waals surface area contributed by atoms with Crippen LogP contribution in [0.25, 0.3) is 5.69 Å². The predicted octanol–water partition coefficient (Wildman–Crippen LogP) is 2.19. The first-order valence-electron chi connectivity index (χ1n) is 9.91. The number of amides is 1. The van der Waals surface area contributed by atoms with Gasteiger partial charge in [-0.25, -0.2) is 9.48 Å². The second-order valence-corrected chi connectivity index (χ2v) is 7.75. The molecule has 1 unspecified atom stereocenters. The first kappa shape index (κ1) is 18.7. The van der Waals surface area contributed by atoms with Gasteiger partial charge in [0.1, 0.15) is 0 Å². The lowest BCUT2D eigenvalue weighted by molar-refractivity contribution is -0.163. The smallest absolute Gasteiger partial charge is 0.337 e. The van der Waals surface area contributed by atoms with Crippen LogP contribution in [0.2, 0.25) is 0 Å². The number of piperidine rings is 1. The molecule has 2 N–H and O–H groups in total. The molecule has 1 aromatic carbocycles. The molecule has 28 heavy (non-hydrogen) atoms. The molecule has 2 aliphatic rings. The maximum atomic E-state index is 13.3. The van der Waals surface area contributed by atoms with Gasteiger partial charge in [0.15, 0.2) is 11.3 Å². The lowest BCUT2D eigenvalue weighted by Gasteiger charge is -2.36. The number of fused-ring (bicyclic) bond motifs is 1. The van der Waals surface area contributed by atoms with E-state index in [1.54, 1.807) is 0 Å². The lowest BCUT2D eigenvalue weighted by atomic mass is 9.92. The standard InChI is InChI=1S/C21H25N3O4/c25-19(23-13-7-12-21(28,14-23)20(26)27)18-16-10-5-2-6-11-17(16)24(22-18)15-8-3-1-4-9-15/h1,3-4,8-9,28H,2,5-7,10-14H2,(H,26,27). The van der Waals surface area contributed by atoms with Crippen molar-refractivity contribution in [1.29, 1.82) is 0 Å². The molecule has 1 aliphatic carbocycles. The normalized spacial score (nSPS) is 22.4. The molecule has 0 saturated carbocycles. The number of hydrogen-bond donors (Lipinski definition) is 2. The second-order valence-electron chi connectivity index (χ2n) is 7.75. The van der Waals surface area contributed by atoms with Crippen molar-refractivity contribution in [3.63, 3.8) is 0 Å². The molecule has 2 aromatic rings. The number of carbonyl (C=O) groups is 2. The molecular weight excluding hydrogens is 358 g/mol. The zero-order valence-corrected chi connectivity index (χ0v) is 15.8. The summed E-state index contributed by atoms with van der Waals surface area (Å²) >= 11 is 0. The number of β-amino-alcohol motifs (C(OH)–C–C–N with tert-alkyl or cyclic N) is 1. The third-order valence-corrected chi connectivity index (χ3v) is 5.79. The van der Waals surface area contributed by atoms with Gasteiger partial charge in [0.05, 0.1) is 12.2 Å². The van der Waals surface area contributed by atoms with E-state index in [9.17, 15) is 19.8 Å². The minimum absolute atomic E-state index is 0.155. The van der Waals surface area contributed by atoms with Crippen molar-refractivity contribution in [2.45, 2.75) is 50.5 Å². The summed E-state index contributed by atoms with van der Waals surface area (Å²) in [6.07, 6.45) is 5.44. The Balaban J connectivity index is 1.72. The van der Waals surface area contributed by atoms with Gasteiger partial charge in [0.25, 0.3) is 5.91 Å². The molecule has 1 aromatic heterocycles. The molecule has 0 spiro atoms. The van der Waals surface area contributed by atoms with Gasteiger partial charge in [-0.2, -0.15) is 5.10 Å². The summed E-state index contributed by atoms with van der Waals surface area (Å²) in [6, 6.07) is 9.77. The Bertz CT molecular complexity index is 893. The Hall–Kier alpha value is -2.67. The maximum Gasteiger partial charge on any atom is 0.337 e. The Kier molecular flexibility index (Phi) is 4.93. The summed E-state index contributed by atoms with van der Waals surface area (Å²) in [5, 5.41) is 24.4. The lowest BCUT2D eigenvalue weighted by Crippen LogP contribution is -2.54. The average Bonchev–Trinajstić information content (AvgIpc) is 2.89. The van der Waals surface area contributed by atoms with Crippen molar-refractivity contribution in [3.05, 3.63) is 47.3 Å². The number of carboxylic acid groups (broad SMARTS) is 1. The van der Waals surface area contributed by atoms with Gasteiger partial charge >= 0.3 is 5.97 Å². The van der Waals surface area contributed by atoms with Gasteiger partial charge in [-0.15, -0.1) is 0 Å². The number of para-hydroxylation sites is 1. The number of aromatic nitrogens is 2. The number of benzene rings is 1. The molecule has 7 nitrogen and oxygen atoms in total. The number of likely N-dealkylation sites (tertiary alicyclic amines) is 1. The van der Waals surface area contributed by atoms with Crippen molar-refractivity contribution in [3.8, 4) is 5.69 Å². The van der Waals surface area contributed by atoms with Crippen LogP contribution >= 0.6 is 0 Å². The number of aliphatic carboxylic acids is 1. The van der Waals surface area contributed by atoms with Crippen LogP contribution in [0.4, 0.5) is 0 Å². The quantitative estimate of drug-likeness (QED) is 0.792. The van der Waals surface area contributed by atoms with Crippen LogP contribution in [0.1, 0.15) is 53.8 Å². The van der Waals surface area contributed by atoms with Gasteiger partial charge in [-0.1, -0.05) is 24.6 Å². The Morgan fingerprint density at radius 2 is 1.79 bits per heavy atom. The van der Waals surface area contributed by atoms with E-state index in [2.05, 4.69) is 5.10 Å². The third-order valence-electron chi connectivity index (χ3n) is 5.79. The van der Waals surface area contributed by atoms with Gasteiger partial charge < -0.3 is 15.1 Å². The van der Waals surface area contributed by atoms with E-state index < -0.39 is 11.6 Å². The highest BCUT2D eigenvalue weighted by Crippen LogP contribution is 2.29. The molecule has 0 bridgehead atoms. The summed E-state index contributed by atoms with van der Waals surface area (Å²) in [7, 11) is 0. The van der Waals surface area contributed by atoms with Crippen molar-refractivity contribution in [2.75, 3.05) is 13.1 Å². The highest BCUT2D eigenvalue weighted by molar-refractivity contribution is 5.95. The summed E-state index contributed by atoms with van der Waals surface area (Å²) in [5.41, 5.74) is 1.47. The first-order valence-corrected chi connectivity index (χ1v) is 9.91. The van der Waals surface area contributed by atoms with E-state index in [-0.39, 0.29) is 18.9 Å². The molecule has 7 heteroatoms. The summed E-state index contributed by atoms with van der Waals surface area (Å²) in [6.45, 7) is 0.232. The molecule has 0 radical (unpaired) electrons. The number of hydrogen-bond acceptors (Lipinski definition) is 4. The van der Waals surface area contributed by atoms with Gasteiger partial charge in [-0.3, -0.25) is 4.79 Å². The van der Waals surface area contributed by atoms with E-state index in [1.165, 1.54) is 4.90 Å². The molecule has 2 heterocycles. The zero-order chi connectivity index (χ0) is 19.7. The number of rotatable bonds is 3.